The van der Waals surface area contributed by atoms with Gasteiger partial charge in [0.25, 0.3) is 0 Å². The fourth-order valence-electron chi connectivity index (χ4n) is 5.21. The first kappa shape index (κ1) is 23.3. The smallest absolute Gasteiger partial charge is 0.181 e. The second-order valence-electron chi connectivity index (χ2n) is 9.64. The van der Waals surface area contributed by atoms with Gasteiger partial charge in [0, 0.05) is 24.5 Å². The number of nitrogens with zero attached hydrogens (tertiary/aromatic N) is 5. The average Bonchev–Trinajstić information content (AvgIpc) is 3.70. The van der Waals surface area contributed by atoms with E-state index >= 15 is 0 Å². The van der Waals surface area contributed by atoms with Crippen molar-refractivity contribution in [1.82, 2.24) is 35.0 Å². The topological polar surface area (TPSA) is 86.4 Å². The lowest BCUT2D eigenvalue weighted by Gasteiger charge is -2.26. The van der Waals surface area contributed by atoms with E-state index < -0.39 is 0 Å². The number of fused-ring (bicyclic) bond motifs is 2. The summed E-state index contributed by atoms with van der Waals surface area (Å²) in [5, 5.41) is 8.54. The van der Waals surface area contributed by atoms with E-state index in [2.05, 4.69) is 80.0 Å². The minimum atomic E-state index is 0.663. The first-order chi connectivity index (χ1) is 18.2. The molecule has 186 valence electrons. The molecule has 1 aliphatic heterocycles. The maximum absolute atomic E-state index is 4.93. The third-order valence-electron chi connectivity index (χ3n) is 7.19. The molecule has 5 heterocycles. The van der Waals surface area contributed by atoms with Crippen LogP contribution in [0.2, 0.25) is 0 Å². The van der Waals surface area contributed by atoms with Crippen LogP contribution in [-0.2, 0) is 0 Å². The zero-order valence-corrected chi connectivity index (χ0v) is 21.2. The van der Waals surface area contributed by atoms with Crippen molar-refractivity contribution in [2.24, 2.45) is 0 Å². The monoisotopic (exact) mass is 489 g/mol. The van der Waals surface area contributed by atoms with Gasteiger partial charge in [0.15, 0.2) is 11.5 Å². The molecule has 0 saturated carbocycles. The molecule has 7 heteroatoms. The Labute approximate surface area is 216 Å². The average molecular weight is 490 g/mol. The Balaban J connectivity index is 1.36. The van der Waals surface area contributed by atoms with Gasteiger partial charge in [0.05, 0.1) is 16.6 Å². The molecule has 0 atom stereocenters. The predicted molar refractivity (Wildman–Crippen MR) is 151 cm³/mol. The van der Waals surface area contributed by atoms with Crippen molar-refractivity contribution >= 4 is 33.2 Å². The van der Waals surface area contributed by atoms with Gasteiger partial charge in [0.2, 0.25) is 0 Å². The molecule has 4 aromatic heterocycles. The maximum atomic E-state index is 4.93. The molecule has 0 amide bonds. The van der Waals surface area contributed by atoms with Crippen LogP contribution in [0, 0.1) is 0 Å². The van der Waals surface area contributed by atoms with Crippen molar-refractivity contribution in [3.8, 4) is 11.5 Å². The van der Waals surface area contributed by atoms with Crippen molar-refractivity contribution in [2.75, 3.05) is 19.6 Å². The number of piperidine rings is 1. The summed E-state index contributed by atoms with van der Waals surface area (Å²) in [4.78, 5) is 20.2. The van der Waals surface area contributed by atoms with Crippen molar-refractivity contribution < 1.29 is 0 Å². The number of likely N-dealkylation sites (tertiary alicyclic amines) is 1. The van der Waals surface area contributed by atoms with Gasteiger partial charge < -0.3 is 4.98 Å². The van der Waals surface area contributed by atoms with Crippen LogP contribution in [0.1, 0.15) is 43.9 Å². The summed E-state index contributed by atoms with van der Waals surface area (Å²) in [6.45, 7) is 9.38. The largest absolute Gasteiger partial charge is 0.337 e. The second-order valence-corrected chi connectivity index (χ2v) is 9.64. The van der Waals surface area contributed by atoms with Crippen LogP contribution in [-0.4, -0.2) is 54.7 Å². The standard InChI is InChI=1S/C30H31N7/c1-3-20(19-37-14-8-5-9-15-37)16-21(4-2)23-17-24-27(35-36-29(24)32-18-23)30-33-25-12-13-31-26(28(25)34-30)22-10-6-7-11-22/h3-4,6,10-13,16-18H,1,5,7-9,14-15,19H2,2H3,(H,33,34)(H,32,35,36)/b20-16+,21-4+. The molecule has 0 radical (unpaired) electrons. The van der Waals surface area contributed by atoms with Gasteiger partial charge in [-0.15, -0.1) is 0 Å². The fraction of sp³-hybridized carbons (Fsp3) is 0.267. The van der Waals surface area contributed by atoms with Crippen LogP contribution >= 0.6 is 0 Å². The number of rotatable bonds is 7. The first-order valence-corrected chi connectivity index (χ1v) is 13.0. The van der Waals surface area contributed by atoms with Gasteiger partial charge in [0.1, 0.15) is 11.2 Å². The zero-order chi connectivity index (χ0) is 25.2. The molecule has 4 aromatic rings. The highest BCUT2D eigenvalue weighted by Gasteiger charge is 2.18. The van der Waals surface area contributed by atoms with Crippen LogP contribution in [0.5, 0.6) is 0 Å². The Morgan fingerprint density at radius 2 is 2.08 bits per heavy atom. The summed E-state index contributed by atoms with van der Waals surface area (Å²) in [5.41, 5.74) is 8.65. The second kappa shape index (κ2) is 10.1. The molecule has 37 heavy (non-hydrogen) atoms. The number of hydrogen-bond acceptors (Lipinski definition) is 5. The van der Waals surface area contributed by atoms with Crippen LogP contribution < -0.4 is 0 Å². The molecule has 0 unspecified atom stereocenters. The quantitative estimate of drug-likeness (QED) is 0.300. The van der Waals surface area contributed by atoms with E-state index in [-0.39, 0.29) is 0 Å². The fourth-order valence-corrected chi connectivity index (χ4v) is 5.21. The van der Waals surface area contributed by atoms with Gasteiger partial charge in [-0.2, -0.15) is 5.10 Å². The van der Waals surface area contributed by atoms with E-state index in [9.17, 15) is 0 Å². The molecule has 2 aliphatic rings. The summed E-state index contributed by atoms with van der Waals surface area (Å²) in [7, 11) is 0. The number of aromatic nitrogens is 6. The van der Waals surface area contributed by atoms with Crippen LogP contribution in [0.15, 0.2) is 73.1 Å². The molecule has 7 nitrogen and oxygen atoms in total. The summed E-state index contributed by atoms with van der Waals surface area (Å²) in [5.74, 6) is 0.725. The SMILES string of the molecule is C=C/C(=C\C(=C/C)c1cnc2n[nH]c(-c3nc4c(C5=CCC=C5)nccc4[nH]3)c2c1)CN1CCCCC1. The molecular formula is C30H31N7. The Kier molecular flexibility index (Phi) is 6.37. The van der Waals surface area contributed by atoms with E-state index in [1.807, 2.05) is 24.5 Å². The third-order valence-corrected chi connectivity index (χ3v) is 7.19. The highest BCUT2D eigenvalue weighted by atomic mass is 15.2. The van der Waals surface area contributed by atoms with E-state index in [0.717, 1.165) is 76.4 Å². The lowest BCUT2D eigenvalue weighted by Crippen LogP contribution is -2.31. The molecule has 0 aromatic carbocycles. The third kappa shape index (κ3) is 4.58. The Hall–Kier alpha value is -4.10. The molecule has 0 bridgehead atoms. The van der Waals surface area contributed by atoms with Crippen LogP contribution in [0.25, 0.3) is 44.7 Å². The van der Waals surface area contributed by atoms with E-state index in [1.54, 1.807) is 0 Å². The Morgan fingerprint density at radius 1 is 1.19 bits per heavy atom. The summed E-state index contributed by atoms with van der Waals surface area (Å²) in [6.07, 6.45) is 21.3. The van der Waals surface area contributed by atoms with E-state index in [0.29, 0.717) is 5.65 Å². The molecule has 1 fully saturated rings. The van der Waals surface area contributed by atoms with Crippen molar-refractivity contribution in [3.05, 3.63) is 84.4 Å². The van der Waals surface area contributed by atoms with Crippen LogP contribution in [0.4, 0.5) is 0 Å². The summed E-state index contributed by atoms with van der Waals surface area (Å²) >= 11 is 0. The zero-order valence-electron chi connectivity index (χ0n) is 21.2. The minimum absolute atomic E-state index is 0.663. The molecule has 2 N–H and O–H groups in total. The number of imidazole rings is 1. The molecule has 6 rings (SSSR count). The van der Waals surface area contributed by atoms with Crippen molar-refractivity contribution in [1.29, 1.82) is 0 Å². The van der Waals surface area contributed by atoms with Gasteiger partial charge in [-0.25, -0.2) is 9.97 Å². The first-order valence-electron chi connectivity index (χ1n) is 13.0. The van der Waals surface area contributed by atoms with Crippen molar-refractivity contribution in [2.45, 2.75) is 32.6 Å². The normalized spacial score (nSPS) is 17.2. The highest BCUT2D eigenvalue weighted by Crippen LogP contribution is 2.31. The lowest BCUT2D eigenvalue weighted by molar-refractivity contribution is 0.248. The number of aromatic amines is 2. The van der Waals surface area contributed by atoms with Gasteiger partial charge >= 0.3 is 0 Å². The highest BCUT2D eigenvalue weighted by molar-refractivity contribution is 5.96. The minimum Gasteiger partial charge on any atom is -0.337 e. The molecule has 1 aliphatic carbocycles. The lowest BCUT2D eigenvalue weighted by atomic mass is 10.0. The van der Waals surface area contributed by atoms with Gasteiger partial charge in [-0.3, -0.25) is 15.0 Å². The van der Waals surface area contributed by atoms with E-state index in [4.69, 9.17) is 4.98 Å². The van der Waals surface area contributed by atoms with Crippen molar-refractivity contribution in [3.63, 3.8) is 0 Å². The Bertz CT molecular complexity index is 1590. The number of nitrogens with one attached hydrogen (secondary N) is 2. The molecular weight excluding hydrogens is 458 g/mol. The molecule has 0 spiro atoms. The van der Waals surface area contributed by atoms with Gasteiger partial charge in [-0.05, 0) is 68.1 Å². The summed E-state index contributed by atoms with van der Waals surface area (Å²) in [6, 6.07) is 4.10. The number of H-pyrrole nitrogens is 2. The number of hydrogen-bond donors (Lipinski definition) is 2. The van der Waals surface area contributed by atoms with Crippen LogP contribution in [0.3, 0.4) is 0 Å². The predicted octanol–water partition coefficient (Wildman–Crippen LogP) is 6.24. The number of allylic oxidation sites excluding steroid dienone is 7. The molecule has 1 saturated heterocycles. The maximum Gasteiger partial charge on any atom is 0.181 e. The Morgan fingerprint density at radius 3 is 2.86 bits per heavy atom. The van der Waals surface area contributed by atoms with E-state index in [1.165, 1.54) is 24.8 Å². The summed E-state index contributed by atoms with van der Waals surface area (Å²) < 4.78 is 0. The number of pyridine rings is 2. The van der Waals surface area contributed by atoms with Gasteiger partial charge in [-0.1, -0.05) is 49.5 Å².